The third kappa shape index (κ3) is 3.41. The van der Waals surface area contributed by atoms with Crippen molar-refractivity contribution in [2.24, 2.45) is 0 Å². The molecule has 8 nitrogen and oxygen atoms in total. The van der Waals surface area contributed by atoms with Crippen LogP contribution in [0.5, 0.6) is 11.5 Å². The van der Waals surface area contributed by atoms with Gasteiger partial charge in [-0.15, -0.1) is 0 Å². The Labute approximate surface area is 155 Å². The summed E-state index contributed by atoms with van der Waals surface area (Å²) in [6, 6.07) is 7.41. The number of benzene rings is 1. The molecule has 0 aliphatic heterocycles. The second-order valence-electron chi connectivity index (χ2n) is 5.75. The molecule has 1 amide bonds. The number of fused-ring (bicyclic) bond motifs is 1. The summed E-state index contributed by atoms with van der Waals surface area (Å²) in [7, 11) is 0. The summed E-state index contributed by atoms with van der Waals surface area (Å²) in [5.41, 5.74) is 1.45. The number of rotatable bonds is 6. The summed E-state index contributed by atoms with van der Waals surface area (Å²) < 4.78 is 7.23. The van der Waals surface area contributed by atoms with Crippen LogP contribution in [0.25, 0.3) is 5.65 Å². The molecule has 140 valence electrons. The Bertz CT molecular complexity index is 1030. The minimum atomic E-state index is -1.28. The minimum absolute atomic E-state index is 0.258. The second-order valence-corrected chi connectivity index (χ2v) is 5.75. The molecule has 0 atom stereocenters. The molecule has 0 unspecified atom stereocenters. The van der Waals surface area contributed by atoms with Gasteiger partial charge in [-0.1, -0.05) is 6.92 Å². The summed E-state index contributed by atoms with van der Waals surface area (Å²) in [6.07, 6.45) is 2.25. The van der Waals surface area contributed by atoms with Gasteiger partial charge in [0.15, 0.2) is 11.4 Å². The van der Waals surface area contributed by atoms with Crippen molar-refractivity contribution in [1.82, 2.24) is 9.38 Å². The average Bonchev–Trinajstić information content (AvgIpc) is 3.03. The second kappa shape index (κ2) is 7.36. The molecular weight excluding hydrogens is 350 g/mol. The smallest absolute Gasteiger partial charge is 0.339 e. The number of imidazole rings is 1. The van der Waals surface area contributed by atoms with Gasteiger partial charge in [-0.25, -0.2) is 9.78 Å². The number of aromatic nitrogens is 2. The number of hydrogen-bond acceptors (Lipinski definition) is 5. The van der Waals surface area contributed by atoms with E-state index in [0.29, 0.717) is 35.8 Å². The monoisotopic (exact) mass is 369 g/mol. The summed E-state index contributed by atoms with van der Waals surface area (Å²) in [4.78, 5) is 28.6. The van der Waals surface area contributed by atoms with Crippen molar-refractivity contribution >= 4 is 23.2 Å². The first kappa shape index (κ1) is 18.2. The van der Waals surface area contributed by atoms with E-state index in [1.807, 2.05) is 13.8 Å². The standard InChI is InChI=1S/C19H19N3O5/c1-3-13-16(22-9-5-6-15(27-4-2)17(22)21-13)18(24)20-11-7-8-14(23)12(10-11)19(25)26/h5-10,23H,3-4H2,1-2H3,(H,20,24)(H,25,26). The molecule has 3 aromatic rings. The van der Waals surface area contributed by atoms with Crippen LogP contribution >= 0.6 is 0 Å². The number of hydrogen-bond donors (Lipinski definition) is 3. The fraction of sp³-hybridized carbons (Fsp3) is 0.211. The van der Waals surface area contributed by atoms with Crippen LogP contribution in [0.4, 0.5) is 5.69 Å². The van der Waals surface area contributed by atoms with Gasteiger partial charge in [0.1, 0.15) is 17.0 Å². The fourth-order valence-electron chi connectivity index (χ4n) is 2.82. The zero-order valence-corrected chi connectivity index (χ0v) is 14.9. The fourth-order valence-corrected chi connectivity index (χ4v) is 2.82. The molecule has 0 aliphatic rings. The van der Waals surface area contributed by atoms with E-state index in [0.717, 1.165) is 0 Å². The van der Waals surface area contributed by atoms with Gasteiger partial charge in [0.2, 0.25) is 0 Å². The highest BCUT2D eigenvalue weighted by molar-refractivity contribution is 6.05. The van der Waals surface area contributed by atoms with Gasteiger partial charge in [-0.2, -0.15) is 0 Å². The molecule has 0 fully saturated rings. The maximum atomic E-state index is 12.9. The first-order valence-electron chi connectivity index (χ1n) is 8.46. The highest BCUT2D eigenvalue weighted by Crippen LogP contribution is 2.25. The first-order chi connectivity index (χ1) is 13.0. The molecule has 0 radical (unpaired) electrons. The van der Waals surface area contributed by atoms with Crippen molar-refractivity contribution in [3.8, 4) is 11.5 Å². The van der Waals surface area contributed by atoms with E-state index in [2.05, 4.69) is 10.3 Å². The lowest BCUT2D eigenvalue weighted by Crippen LogP contribution is -2.16. The third-order valence-corrected chi connectivity index (χ3v) is 4.02. The van der Waals surface area contributed by atoms with E-state index in [9.17, 15) is 14.7 Å². The van der Waals surface area contributed by atoms with Crippen molar-refractivity contribution < 1.29 is 24.5 Å². The number of amides is 1. The number of aryl methyl sites for hydroxylation is 1. The number of carbonyl (C=O) groups is 2. The largest absolute Gasteiger partial charge is 0.507 e. The number of ether oxygens (including phenoxy) is 1. The number of aromatic carboxylic acids is 1. The van der Waals surface area contributed by atoms with Gasteiger partial charge in [-0.05, 0) is 43.7 Å². The molecule has 3 N–H and O–H groups in total. The molecule has 0 aliphatic carbocycles. The van der Waals surface area contributed by atoms with Gasteiger partial charge >= 0.3 is 5.97 Å². The highest BCUT2D eigenvalue weighted by atomic mass is 16.5. The van der Waals surface area contributed by atoms with E-state index in [1.54, 1.807) is 22.7 Å². The normalized spacial score (nSPS) is 10.7. The molecule has 8 heteroatoms. The third-order valence-electron chi connectivity index (χ3n) is 4.02. The molecule has 0 bridgehead atoms. The van der Waals surface area contributed by atoms with Crippen LogP contribution in [-0.4, -0.2) is 38.1 Å². The number of carbonyl (C=O) groups excluding carboxylic acids is 1. The Morgan fingerprint density at radius 1 is 1.26 bits per heavy atom. The van der Waals surface area contributed by atoms with Gasteiger partial charge in [0, 0.05) is 11.9 Å². The van der Waals surface area contributed by atoms with Crippen molar-refractivity contribution in [3.63, 3.8) is 0 Å². The van der Waals surface area contributed by atoms with Crippen LogP contribution in [0.2, 0.25) is 0 Å². The summed E-state index contributed by atoms with van der Waals surface area (Å²) in [5, 5.41) is 21.4. The summed E-state index contributed by atoms with van der Waals surface area (Å²) in [6.45, 7) is 4.23. The Kier molecular flexibility index (Phi) is 4.98. The van der Waals surface area contributed by atoms with Crippen molar-refractivity contribution in [3.05, 3.63) is 53.5 Å². The Morgan fingerprint density at radius 2 is 2.04 bits per heavy atom. The molecule has 0 spiro atoms. The Balaban J connectivity index is 2.02. The van der Waals surface area contributed by atoms with E-state index < -0.39 is 11.9 Å². The number of nitrogens with one attached hydrogen (secondary N) is 1. The number of anilines is 1. The quantitative estimate of drug-likeness (QED) is 0.576. The van der Waals surface area contributed by atoms with Crippen LogP contribution in [0.15, 0.2) is 36.5 Å². The molecule has 0 saturated heterocycles. The van der Waals surface area contributed by atoms with Crippen LogP contribution < -0.4 is 10.1 Å². The summed E-state index contributed by atoms with van der Waals surface area (Å²) in [5.74, 6) is -1.51. The number of phenols is 1. The van der Waals surface area contributed by atoms with Crippen LogP contribution in [0.3, 0.4) is 0 Å². The maximum Gasteiger partial charge on any atom is 0.339 e. The zero-order chi connectivity index (χ0) is 19.6. The first-order valence-corrected chi connectivity index (χ1v) is 8.46. The Hall–Kier alpha value is -3.55. The van der Waals surface area contributed by atoms with Gasteiger partial charge in [0.25, 0.3) is 5.91 Å². The van der Waals surface area contributed by atoms with Crippen molar-refractivity contribution in [2.45, 2.75) is 20.3 Å². The lowest BCUT2D eigenvalue weighted by molar-refractivity contribution is 0.0693. The summed E-state index contributed by atoms with van der Waals surface area (Å²) >= 11 is 0. The molecule has 3 rings (SSSR count). The van der Waals surface area contributed by atoms with Gasteiger partial charge in [0.05, 0.1) is 12.3 Å². The predicted molar refractivity (Wildman–Crippen MR) is 98.8 cm³/mol. The number of carboxylic acids is 1. The number of pyridine rings is 1. The number of carboxylic acid groups (broad SMARTS) is 1. The van der Waals surface area contributed by atoms with Crippen LogP contribution in [0, 0.1) is 0 Å². The van der Waals surface area contributed by atoms with Gasteiger partial charge < -0.3 is 20.3 Å². The maximum absolute atomic E-state index is 12.9. The number of aromatic hydroxyl groups is 1. The minimum Gasteiger partial charge on any atom is -0.507 e. The average molecular weight is 369 g/mol. The van der Waals surface area contributed by atoms with E-state index in [-0.39, 0.29) is 17.0 Å². The molecule has 27 heavy (non-hydrogen) atoms. The molecule has 2 aromatic heterocycles. The van der Waals surface area contributed by atoms with E-state index in [1.165, 1.54) is 18.2 Å². The molecular formula is C19H19N3O5. The number of nitrogens with zero attached hydrogens (tertiary/aromatic N) is 2. The molecule has 2 heterocycles. The highest BCUT2D eigenvalue weighted by Gasteiger charge is 2.21. The Morgan fingerprint density at radius 3 is 2.70 bits per heavy atom. The lowest BCUT2D eigenvalue weighted by Gasteiger charge is -2.09. The molecule has 0 saturated carbocycles. The van der Waals surface area contributed by atoms with Crippen molar-refractivity contribution in [2.75, 3.05) is 11.9 Å². The van der Waals surface area contributed by atoms with E-state index >= 15 is 0 Å². The van der Waals surface area contributed by atoms with Crippen molar-refractivity contribution in [1.29, 1.82) is 0 Å². The van der Waals surface area contributed by atoms with Crippen LogP contribution in [0.1, 0.15) is 40.4 Å². The van der Waals surface area contributed by atoms with Gasteiger partial charge in [-0.3, -0.25) is 9.20 Å². The molecule has 1 aromatic carbocycles. The topological polar surface area (TPSA) is 113 Å². The van der Waals surface area contributed by atoms with E-state index in [4.69, 9.17) is 9.84 Å². The lowest BCUT2D eigenvalue weighted by atomic mass is 10.1. The van der Waals surface area contributed by atoms with Crippen LogP contribution in [-0.2, 0) is 6.42 Å². The SMILES string of the molecule is CCOc1cccn2c(C(=O)Nc3ccc(O)c(C(=O)O)c3)c(CC)nc12. The zero-order valence-electron chi connectivity index (χ0n) is 14.9. The predicted octanol–water partition coefficient (Wildman–Crippen LogP) is 2.95.